The summed E-state index contributed by atoms with van der Waals surface area (Å²) in [7, 11) is 3.22. The molecular formula is C14H21NO3. The van der Waals surface area contributed by atoms with Crippen LogP contribution in [-0.4, -0.2) is 26.2 Å². The zero-order chi connectivity index (χ0) is 13.5. The number of hydrogen-bond acceptors (Lipinski definition) is 4. The fraction of sp³-hybridized carbons (Fsp3) is 0.500. The number of ether oxygens (including phenoxy) is 2. The van der Waals surface area contributed by atoms with Crippen LogP contribution in [0.1, 0.15) is 31.9 Å². The predicted octanol–water partition coefficient (Wildman–Crippen LogP) is 2.30. The minimum atomic E-state index is -0.225. The molecule has 1 aromatic carbocycles. The van der Waals surface area contributed by atoms with Crippen LogP contribution >= 0.6 is 0 Å². The van der Waals surface area contributed by atoms with E-state index in [0.29, 0.717) is 6.42 Å². The first-order valence-corrected chi connectivity index (χ1v) is 6.07. The Kier molecular flexibility index (Phi) is 5.65. The molecule has 0 aromatic heterocycles. The lowest BCUT2D eigenvalue weighted by Gasteiger charge is -2.16. The molecule has 100 valence electrons. The van der Waals surface area contributed by atoms with Crippen molar-refractivity contribution in [1.82, 2.24) is 5.32 Å². The number of esters is 1. The van der Waals surface area contributed by atoms with Crippen LogP contribution in [0.15, 0.2) is 24.3 Å². The molecule has 4 heteroatoms. The van der Waals surface area contributed by atoms with Gasteiger partial charge >= 0.3 is 5.97 Å². The maximum absolute atomic E-state index is 11.3. The highest BCUT2D eigenvalue weighted by molar-refractivity contribution is 5.70. The summed E-state index contributed by atoms with van der Waals surface area (Å²) in [6.45, 7) is 3.98. The lowest BCUT2D eigenvalue weighted by Crippen LogP contribution is -2.20. The molecule has 0 amide bonds. The second-order valence-electron chi connectivity index (χ2n) is 4.36. The van der Waals surface area contributed by atoms with E-state index in [0.717, 1.165) is 11.3 Å². The van der Waals surface area contributed by atoms with Crippen molar-refractivity contribution < 1.29 is 14.3 Å². The maximum Gasteiger partial charge on any atom is 0.307 e. The molecular weight excluding hydrogens is 230 g/mol. The number of carbonyl (C=O) groups excluding carboxylic acids is 1. The van der Waals surface area contributed by atoms with Gasteiger partial charge in [0.15, 0.2) is 0 Å². The van der Waals surface area contributed by atoms with Crippen LogP contribution in [-0.2, 0) is 9.53 Å². The van der Waals surface area contributed by atoms with Crippen molar-refractivity contribution in [1.29, 1.82) is 0 Å². The van der Waals surface area contributed by atoms with Crippen LogP contribution in [0.4, 0.5) is 0 Å². The number of methoxy groups -OCH3 is 1. The van der Waals surface area contributed by atoms with E-state index in [1.165, 1.54) is 7.11 Å². The van der Waals surface area contributed by atoms with E-state index in [-0.39, 0.29) is 18.1 Å². The summed E-state index contributed by atoms with van der Waals surface area (Å²) in [5, 5.41) is 3.10. The number of hydrogen-bond donors (Lipinski definition) is 1. The zero-order valence-corrected chi connectivity index (χ0v) is 11.4. The van der Waals surface area contributed by atoms with Crippen LogP contribution in [0.5, 0.6) is 5.75 Å². The van der Waals surface area contributed by atoms with Gasteiger partial charge in [0.25, 0.3) is 0 Å². The monoisotopic (exact) mass is 251 g/mol. The summed E-state index contributed by atoms with van der Waals surface area (Å²) in [6, 6.07) is 7.71. The Hall–Kier alpha value is -1.55. The Labute approximate surface area is 108 Å². The first-order chi connectivity index (χ1) is 8.56. The molecule has 0 radical (unpaired) electrons. The molecule has 1 unspecified atom stereocenters. The Balaban J connectivity index is 2.72. The third-order valence-electron chi connectivity index (χ3n) is 2.60. The van der Waals surface area contributed by atoms with Gasteiger partial charge in [-0.1, -0.05) is 12.1 Å². The fourth-order valence-electron chi connectivity index (χ4n) is 1.69. The standard InChI is InChI=1S/C14H21NO3/c1-10(2)18-12-7-5-11(6-8-12)13(15-3)9-14(16)17-4/h5-8,10,13,15H,9H2,1-4H3. The van der Waals surface area contributed by atoms with Crippen LogP contribution in [0.25, 0.3) is 0 Å². The largest absolute Gasteiger partial charge is 0.491 e. The van der Waals surface area contributed by atoms with Crippen molar-refractivity contribution in [2.24, 2.45) is 0 Å². The highest BCUT2D eigenvalue weighted by Gasteiger charge is 2.14. The number of nitrogens with one attached hydrogen (secondary N) is 1. The molecule has 0 spiro atoms. The van der Waals surface area contributed by atoms with E-state index in [9.17, 15) is 4.79 Å². The van der Waals surface area contributed by atoms with Gasteiger partial charge < -0.3 is 14.8 Å². The lowest BCUT2D eigenvalue weighted by atomic mass is 10.0. The highest BCUT2D eigenvalue weighted by atomic mass is 16.5. The number of carbonyl (C=O) groups is 1. The molecule has 0 saturated carbocycles. The Morgan fingerprint density at radius 3 is 2.33 bits per heavy atom. The molecule has 0 aliphatic carbocycles. The highest BCUT2D eigenvalue weighted by Crippen LogP contribution is 2.21. The van der Waals surface area contributed by atoms with Crippen LogP contribution in [0.2, 0.25) is 0 Å². The molecule has 0 heterocycles. The number of rotatable bonds is 6. The normalized spacial score (nSPS) is 12.3. The Morgan fingerprint density at radius 1 is 1.28 bits per heavy atom. The molecule has 1 N–H and O–H groups in total. The van der Waals surface area contributed by atoms with Crippen molar-refractivity contribution in [2.45, 2.75) is 32.4 Å². The Morgan fingerprint density at radius 2 is 1.89 bits per heavy atom. The minimum Gasteiger partial charge on any atom is -0.491 e. The quantitative estimate of drug-likeness (QED) is 0.788. The van der Waals surface area contributed by atoms with E-state index < -0.39 is 0 Å². The van der Waals surface area contributed by atoms with Gasteiger partial charge in [-0.25, -0.2) is 0 Å². The van der Waals surface area contributed by atoms with Gasteiger partial charge in [-0.15, -0.1) is 0 Å². The molecule has 1 rings (SSSR count). The SMILES string of the molecule is CNC(CC(=O)OC)c1ccc(OC(C)C)cc1. The Bertz CT molecular complexity index is 373. The van der Waals surface area contributed by atoms with Crippen molar-refractivity contribution >= 4 is 5.97 Å². The smallest absolute Gasteiger partial charge is 0.307 e. The van der Waals surface area contributed by atoms with E-state index in [2.05, 4.69) is 10.1 Å². The average molecular weight is 251 g/mol. The first kappa shape index (κ1) is 14.5. The predicted molar refractivity (Wildman–Crippen MR) is 70.6 cm³/mol. The molecule has 1 atom stereocenters. The minimum absolute atomic E-state index is 0.0365. The van der Waals surface area contributed by atoms with Crippen LogP contribution in [0.3, 0.4) is 0 Å². The van der Waals surface area contributed by atoms with E-state index in [1.807, 2.05) is 45.2 Å². The lowest BCUT2D eigenvalue weighted by molar-refractivity contribution is -0.141. The molecule has 0 saturated heterocycles. The average Bonchev–Trinajstić information content (AvgIpc) is 2.36. The maximum atomic E-state index is 11.3. The molecule has 0 aliphatic heterocycles. The summed E-state index contributed by atoms with van der Waals surface area (Å²) in [5.41, 5.74) is 1.04. The molecule has 0 bridgehead atoms. The van der Waals surface area contributed by atoms with Crippen LogP contribution < -0.4 is 10.1 Å². The van der Waals surface area contributed by atoms with Crippen molar-refractivity contribution in [3.63, 3.8) is 0 Å². The number of benzene rings is 1. The fourth-order valence-corrected chi connectivity index (χ4v) is 1.69. The molecule has 0 fully saturated rings. The van der Waals surface area contributed by atoms with Crippen LogP contribution in [0, 0.1) is 0 Å². The second-order valence-corrected chi connectivity index (χ2v) is 4.36. The third-order valence-corrected chi connectivity index (χ3v) is 2.60. The second kappa shape index (κ2) is 7.01. The van der Waals surface area contributed by atoms with Gasteiger partial charge in [0.2, 0.25) is 0 Å². The summed E-state index contributed by atoms with van der Waals surface area (Å²) in [5.74, 6) is 0.610. The van der Waals surface area contributed by atoms with Gasteiger partial charge in [-0.05, 0) is 38.6 Å². The van der Waals surface area contributed by atoms with Gasteiger partial charge in [-0.3, -0.25) is 4.79 Å². The van der Waals surface area contributed by atoms with Gasteiger partial charge in [0, 0.05) is 6.04 Å². The summed E-state index contributed by atoms with van der Waals surface area (Å²) in [6.07, 6.45) is 0.475. The van der Waals surface area contributed by atoms with E-state index in [4.69, 9.17) is 4.74 Å². The topological polar surface area (TPSA) is 47.6 Å². The third kappa shape index (κ3) is 4.37. The van der Waals surface area contributed by atoms with Crippen molar-refractivity contribution in [3.05, 3.63) is 29.8 Å². The summed E-state index contributed by atoms with van der Waals surface area (Å²) < 4.78 is 10.2. The van der Waals surface area contributed by atoms with Gasteiger partial charge in [-0.2, -0.15) is 0 Å². The molecule has 18 heavy (non-hydrogen) atoms. The first-order valence-electron chi connectivity index (χ1n) is 6.07. The van der Waals surface area contributed by atoms with E-state index >= 15 is 0 Å². The van der Waals surface area contributed by atoms with Crippen molar-refractivity contribution in [3.8, 4) is 5.75 Å². The zero-order valence-electron chi connectivity index (χ0n) is 11.4. The van der Waals surface area contributed by atoms with E-state index in [1.54, 1.807) is 0 Å². The molecule has 4 nitrogen and oxygen atoms in total. The molecule has 1 aromatic rings. The van der Waals surface area contributed by atoms with Gasteiger partial charge in [0.1, 0.15) is 5.75 Å². The molecule has 0 aliphatic rings. The van der Waals surface area contributed by atoms with Crippen molar-refractivity contribution in [2.75, 3.05) is 14.2 Å². The summed E-state index contributed by atoms with van der Waals surface area (Å²) >= 11 is 0. The summed E-state index contributed by atoms with van der Waals surface area (Å²) in [4.78, 5) is 11.3. The van der Waals surface area contributed by atoms with Gasteiger partial charge in [0.05, 0.1) is 19.6 Å².